The molecule has 2 aromatic heterocycles. The highest BCUT2D eigenvalue weighted by Crippen LogP contribution is 2.43. The second-order valence-electron chi connectivity index (χ2n) is 14.2. The maximum atomic E-state index is 12.8. The van der Waals surface area contributed by atoms with Crippen LogP contribution in [0, 0.1) is 5.92 Å². The number of aromatic nitrogens is 2. The first kappa shape index (κ1) is 35.1. The fourth-order valence-corrected chi connectivity index (χ4v) is 6.59. The van der Waals surface area contributed by atoms with Gasteiger partial charge in [0, 0.05) is 28.2 Å². The number of ether oxygens (including phenoxy) is 1. The van der Waals surface area contributed by atoms with E-state index in [0.717, 1.165) is 31.1 Å². The average Bonchev–Trinajstić information content (AvgIpc) is 3.40. The van der Waals surface area contributed by atoms with Crippen molar-refractivity contribution in [2.24, 2.45) is 5.92 Å². The highest BCUT2D eigenvalue weighted by Gasteiger charge is 2.47. The van der Waals surface area contributed by atoms with Crippen LogP contribution in [0.4, 0.5) is 11.5 Å². The Labute approximate surface area is 271 Å². The summed E-state index contributed by atoms with van der Waals surface area (Å²) in [6.07, 6.45) is 5.00. The number of carbonyl (C=O) groups excluding carboxylic acids is 2. The third kappa shape index (κ3) is 9.60. The smallest absolute Gasteiger partial charge is 0.280 e. The van der Waals surface area contributed by atoms with Gasteiger partial charge in [0.25, 0.3) is 16.0 Å². The Bertz CT molecular complexity index is 1610. The Morgan fingerprint density at radius 2 is 1.67 bits per heavy atom. The number of piperidine rings is 1. The number of nitrogens with one attached hydrogen (secondary N) is 2. The molecule has 0 atom stereocenters. The molecule has 0 bridgehead atoms. The van der Waals surface area contributed by atoms with E-state index in [2.05, 4.69) is 20.8 Å². The Kier molecular flexibility index (Phi) is 10.3. The number of benzene rings is 1. The van der Waals surface area contributed by atoms with Crippen LogP contribution in [0.1, 0.15) is 89.5 Å². The van der Waals surface area contributed by atoms with Crippen LogP contribution in [0.3, 0.4) is 0 Å². The average molecular weight is 656 g/mol. The SMILES string of the molecule is CC(C)(C)c1cc(NC(=O)Cc2ccc(NC(=O)c3ccc(OCCC4CC(C)(C)N(OS(C)(=O)=O)C(C)(C)C4)cn3)cc2)no1. The maximum Gasteiger partial charge on any atom is 0.280 e. The van der Waals surface area contributed by atoms with Crippen LogP contribution in [0.5, 0.6) is 5.75 Å². The van der Waals surface area contributed by atoms with Gasteiger partial charge in [-0.2, -0.15) is 17.8 Å². The highest BCUT2D eigenvalue weighted by molar-refractivity contribution is 7.85. The fourth-order valence-electron chi connectivity index (χ4n) is 5.92. The number of rotatable bonds is 11. The van der Waals surface area contributed by atoms with Gasteiger partial charge in [-0.1, -0.05) is 38.1 Å². The van der Waals surface area contributed by atoms with E-state index in [9.17, 15) is 18.0 Å². The lowest BCUT2D eigenvalue weighted by atomic mass is 9.74. The molecule has 1 aliphatic heterocycles. The Morgan fingerprint density at radius 1 is 1.02 bits per heavy atom. The number of nitrogens with zero attached hydrogens (tertiary/aromatic N) is 3. The van der Waals surface area contributed by atoms with Crippen molar-refractivity contribution in [1.82, 2.24) is 15.2 Å². The predicted octanol–water partition coefficient (Wildman–Crippen LogP) is 5.73. The van der Waals surface area contributed by atoms with Gasteiger partial charge >= 0.3 is 0 Å². The van der Waals surface area contributed by atoms with Crippen molar-refractivity contribution in [2.75, 3.05) is 23.5 Å². The molecule has 0 saturated carbocycles. The minimum atomic E-state index is -3.63. The third-order valence-electron chi connectivity index (χ3n) is 7.74. The number of anilines is 2. The predicted molar refractivity (Wildman–Crippen MR) is 175 cm³/mol. The van der Waals surface area contributed by atoms with Gasteiger partial charge in [0.2, 0.25) is 5.91 Å². The second kappa shape index (κ2) is 13.5. The molecule has 250 valence electrons. The van der Waals surface area contributed by atoms with E-state index in [1.165, 1.54) is 6.20 Å². The quantitative estimate of drug-likeness (QED) is 0.262. The summed E-state index contributed by atoms with van der Waals surface area (Å²) in [5, 5.41) is 11.1. The van der Waals surface area contributed by atoms with Gasteiger partial charge in [0.1, 0.15) is 17.2 Å². The van der Waals surface area contributed by atoms with Gasteiger partial charge in [-0.3, -0.25) is 9.59 Å². The highest BCUT2D eigenvalue weighted by atomic mass is 32.2. The van der Waals surface area contributed by atoms with Crippen LogP contribution in [-0.4, -0.2) is 59.4 Å². The maximum absolute atomic E-state index is 12.8. The fraction of sp³-hybridized carbons (Fsp3) is 0.515. The van der Waals surface area contributed by atoms with Crippen molar-refractivity contribution in [2.45, 2.75) is 90.6 Å². The van der Waals surface area contributed by atoms with Crippen LogP contribution >= 0.6 is 0 Å². The van der Waals surface area contributed by atoms with Gasteiger partial charge < -0.3 is 19.9 Å². The summed E-state index contributed by atoms with van der Waals surface area (Å²) in [4.78, 5) is 29.5. The van der Waals surface area contributed by atoms with E-state index in [0.29, 0.717) is 35.5 Å². The lowest BCUT2D eigenvalue weighted by Gasteiger charge is -2.53. The Balaban J connectivity index is 1.23. The zero-order chi connectivity index (χ0) is 33.9. The summed E-state index contributed by atoms with van der Waals surface area (Å²) in [7, 11) is -3.63. The largest absolute Gasteiger partial charge is 0.492 e. The molecular formula is C33H45N5O7S. The topological polar surface area (TPSA) is 153 Å². The van der Waals surface area contributed by atoms with Crippen molar-refractivity contribution < 1.29 is 31.6 Å². The van der Waals surface area contributed by atoms with Crippen LogP contribution in [0.15, 0.2) is 53.2 Å². The number of hydroxylamine groups is 2. The van der Waals surface area contributed by atoms with E-state index in [-0.39, 0.29) is 29.3 Å². The van der Waals surface area contributed by atoms with Gasteiger partial charge in [0.15, 0.2) is 5.82 Å². The van der Waals surface area contributed by atoms with Crippen LogP contribution in [-0.2, 0) is 31.0 Å². The van der Waals surface area contributed by atoms with E-state index >= 15 is 0 Å². The number of pyridine rings is 1. The zero-order valence-electron chi connectivity index (χ0n) is 27.8. The van der Waals surface area contributed by atoms with Crippen LogP contribution in [0.2, 0.25) is 0 Å². The first-order valence-corrected chi connectivity index (χ1v) is 17.1. The Morgan fingerprint density at radius 3 is 2.22 bits per heavy atom. The summed E-state index contributed by atoms with van der Waals surface area (Å²) in [5.41, 5.74) is 0.418. The van der Waals surface area contributed by atoms with Gasteiger partial charge in [-0.05, 0) is 82.7 Å². The summed E-state index contributed by atoms with van der Waals surface area (Å²) in [5.74, 6) is 1.31. The molecule has 1 aromatic carbocycles. The molecule has 3 aromatic rings. The lowest BCUT2D eigenvalue weighted by molar-refractivity contribution is -0.224. The minimum Gasteiger partial charge on any atom is -0.492 e. The first-order valence-electron chi connectivity index (χ1n) is 15.3. The number of amides is 2. The minimum absolute atomic E-state index is 0.140. The van der Waals surface area contributed by atoms with Crippen molar-refractivity contribution in [3.05, 3.63) is 65.7 Å². The van der Waals surface area contributed by atoms with E-state index in [1.807, 2.05) is 48.5 Å². The standard InChI is InChI=1S/C33H45N5O7S/c1-31(2,3)27-18-28(37-44-27)36-29(39)17-22-9-11-24(12-10-22)35-30(40)26-14-13-25(21-34-26)43-16-15-23-19-32(4,5)38(33(6,7)20-23)45-46(8,41)42/h9-14,18,21,23H,15-17,19-20H2,1-8H3,(H,35,40)(H,36,37,39). The zero-order valence-corrected chi connectivity index (χ0v) is 28.7. The van der Waals surface area contributed by atoms with Crippen molar-refractivity contribution >= 4 is 33.4 Å². The molecular weight excluding hydrogens is 610 g/mol. The molecule has 0 spiro atoms. The molecule has 1 saturated heterocycles. The molecule has 3 heterocycles. The van der Waals surface area contributed by atoms with E-state index in [4.69, 9.17) is 13.5 Å². The van der Waals surface area contributed by atoms with Crippen LogP contribution in [0.25, 0.3) is 0 Å². The van der Waals surface area contributed by atoms with E-state index in [1.54, 1.807) is 47.5 Å². The second-order valence-corrected chi connectivity index (χ2v) is 15.7. The van der Waals surface area contributed by atoms with Crippen molar-refractivity contribution in [3.63, 3.8) is 0 Å². The molecule has 2 amide bonds. The number of hydrogen-bond acceptors (Lipinski definition) is 10. The summed E-state index contributed by atoms with van der Waals surface area (Å²) < 4.78 is 40.2. The molecule has 13 heteroatoms. The molecule has 1 aliphatic rings. The summed E-state index contributed by atoms with van der Waals surface area (Å²) >= 11 is 0. The van der Waals surface area contributed by atoms with Gasteiger partial charge in [-0.25, -0.2) is 4.98 Å². The summed E-state index contributed by atoms with van der Waals surface area (Å²) in [6.45, 7) is 14.4. The molecule has 0 radical (unpaired) electrons. The molecule has 0 aliphatic carbocycles. The Hall–Kier alpha value is -3.81. The number of hydrogen-bond donors (Lipinski definition) is 2. The molecule has 4 rings (SSSR count). The van der Waals surface area contributed by atoms with Gasteiger partial charge in [-0.15, -0.1) is 0 Å². The molecule has 46 heavy (non-hydrogen) atoms. The summed E-state index contributed by atoms with van der Waals surface area (Å²) in [6, 6.07) is 12.0. The van der Waals surface area contributed by atoms with Crippen molar-refractivity contribution in [1.29, 1.82) is 0 Å². The first-order chi connectivity index (χ1) is 21.3. The lowest BCUT2D eigenvalue weighted by Crippen LogP contribution is -2.60. The number of carbonyl (C=O) groups is 2. The molecule has 0 unspecified atom stereocenters. The normalized spacial score (nSPS) is 17.0. The monoisotopic (exact) mass is 655 g/mol. The third-order valence-corrected chi connectivity index (χ3v) is 8.16. The molecule has 1 fully saturated rings. The van der Waals surface area contributed by atoms with Crippen LogP contribution < -0.4 is 15.4 Å². The van der Waals surface area contributed by atoms with Gasteiger partial charge in [0.05, 0.1) is 25.5 Å². The molecule has 12 nitrogen and oxygen atoms in total. The van der Waals surface area contributed by atoms with E-state index < -0.39 is 21.2 Å². The van der Waals surface area contributed by atoms with Crippen molar-refractivity contribution in [3.8, 4) is 5.75 Å². The molecule has 2 N–H and O–H groups in total.